The zero-order valence-electron chi connectivity index (χ0n) is 17.0. The normalized spacial score (nSPS) is 16.1. The molecule has 160 valence electrons. The summed E-state index contributed by atoms with van der Waals surface area (Å²) in [5.41, 5.74) is 3.26. The van der Waals surface area contributed by atoms with Crippen molar-refractivity contribution in [2.75, 3.05) is 13.1 Å². The molecule has 1 aliphatic rings. The molecule has 1 N–H and O–H groups in total. The molecule has 0 saturated carbocycles. The van der Waals surface area contributed by atoms with Crippen molar-refractivity contribution in [1.82, 2.24) is 24.3 Å². The molecule has 32 heavy (non-hydrogen) atoms. The van der Waals surface area contributed by atoms with Crippen molar-refractivity contribution in [3.05, 3.63) is 77.2 Å². The lowest BCUT2D eigenvalue weighted by Gasteiger charge is -2.15. The van der Waals surface area contributed by atoms with Gasteiger partial charge in [-0.1, -0.05) is 36.4 Å². The molecule has 4 aromatic rings. The summed E-state index contributed by atoms with van der Waals surface area (Å²) in [6.07, 6.45) is 2.16. The van der Waals surface area contributed by atoms with Crippen LogP contribution in [0.5, 0.6) is 0 Å². The van der Waals surface area contributed by atoms with E-state index in [2.05, 4.69) is 5.10 Å². The number of hydrogen-bond acceptors (Lipinski definition) is 5. The molecule has 1 saturated heterocycles. The fraction of sp³-hybridized carbons (Fsp3) is 0.174. The maximum Gasteiger partial charge on any atom is 0.323 e. The number of pyridine rings is 1. The number of fused-ring (bicyclic) bond motifs is 1. The standard InChI is InChI=1S/C23H19N5O4/c29-19-10-9-16(24-28(19)18-11-13-26(23(18)32)14-20(30)31)21-17-8-4-5-12-27(17)25-22(21)15-6-2-1-3-7-15/h1-10,12,18H,11,13-14H2,(H,30,31). The Kier molecular flexibility index (Phi) is 4.78. The minimum Gasteiger partial charge on any atom is -0.480 e. The van der Waals surface area contributed by atoms with Gasteiger partial charge in [0, 0.05) is 24.4 Å². The lowest BCUT2D eigenvalue weighted by atomic mass is 10.0. The van der Waals surface area contributed by atoms with Gasteiger partial charge in [-0.25, -0.2) is 9.20 Å². The van der Waals surface area contributed by atoms with Crippen LogP contribution in [-0.2, 0) is 9.59 Å². The number of carbonyl (C=O) groups excluding carboxylic acids is 1. The van der Waals surface area contributed by atoms with E-state index in [9.17, 15) is 14.4 Å². The van der Waals surface area contributed by atoms with E-state index in [-0.39, 0.29) is 6.54 Å². The Labute approximate surface area is 182 Å². The monoisotopic (exact) mass is 429 g/mol. The van der Waals surface area contributed by atoms with Gasteiger partial charge >= 0.3 is 5.97 Å². The van der Waals surface area contributed by atoms with E-state index in [1.807, 2.05) is 54.7 Å². The number of carbonyl (C=O) groups is 2. The highest BCUT2D eigenvalue weighted by atomic mass is 16.4. The van der Waals surface area contributed by atoms with E-state index >= 15 is 0 Å². The van der Waals surface area contributed by atoms with Crippen LogP contribution in [0, 0.1) is 0 Å². The minimum absolute atomic E-state index is 0.264. The molecule has 0 spiro atoms. The van der Waals surface area contributed by atoms with Crippen molar-refractivity contribution in [2.45, 2.75) is 12.5 Å². The summed E-state index contributed by atoms with van der Waals surface area (Å²) in [6, 6.07) is 17.5. The van der Waals surface area contributed by atoms with Gasteiger partial charge in [0.2, 0.25) is 5.91 Å². The van der Waals surface area contributed by atoms with Gasteiger partial charge in [-0.3, -0.25) is 14.4 Å². The zero-order valence-corrected chi connectivity index (χ0v) is 17.0. The highest BCUT2D eigenvalue weighted by Gasteiger charge is 2.35. The molecule has 3 aromatic heterocycles. The maximum atomic E-state index is 12.7. The van der Waals surface area contributed by atoms with Crippen LogP contribution in [0.2, 0.25) is 0 Å². The molecule has 1 aliphatic heterocycles. The molecule has 1 fully saturated rings. The number of carboxylic acid groups (broad SMARTS) is 1. The molecule has 9 nitrogen and oxygen atoms in total. The first-order valence-electron chi connectivity index (χ1n) is 10.2. The van der Waals surface area contributed by atoms with Gasteiger partial charge in [0.25, 0.3) is 5.56 Å². The van der Waals surface area contributed by atoms with Crippen molar-refractivity contribution in [3.63, 3.8) is 0 Å². The van der Waals surface area contributed by atoms with E-state index in [4.69, 9.17) is 10.2 Å². The third-order valence-electron chi connectivity index (χ3n) is 5.56. The average molecular weight is 429 g/mol. The molecule has 1 amide bonds. The van der Waals surface area contributed by atoms with Crippen molar-refractivity contribution >= 4 is 17.4 Å². The first kappa shape index (κ1) is 19.7. The zero-order chi connectivity index (χ0) is 22.2. The Morgan fingerprint density at radius 3 is 2.56 bits per heavy atom. The SMILES string of the molecule is O=C(O)CN1CCC(n2nc(-c3c(-c4ccccc4)nn4ccccc34)ccc2=O)C1=O. The van der Waals surface area contributed by atoms with Crippen molar-refractivity contribution in [1.29, 1.82) is 0 Å². The largest absolute Gasteiger partial charge is 0.480 e. The van der Waals surface area contributed by atoms with E-state index in [0.29, 0.717) is 17.8 Å². The van der Waals surface area contributed by atoms with E-state index < -0.39 is 30.0 Å². The molecular formula is C23H19N5O4. The third-order valence-corrected chi connectivity index (χ3v) is 5.56. The second-order valence-electron chi connectivity index (χ2n) is 7.58. The fourth-order valence-corrected chi connectivity index (χ4v) is 4.10. The first-order valence-corrected chi connectivity index (χ1v) is 10.2. The quantitative estimate of drug-likeness (QED) is 0.520. The highest BCUT2D eigenvalue weighted by Crippen LogP contribution is 2.34. The number of carboxylic acids is 1. The van der Waals surface area contributed by atoms with Crippen LogP contribution >= 0.6 is 0 Å². The van der Waals surface area contributed by atoms with Gasteiger partial charge in [-0.15, -0.1) is 0 Å². The lowest BCUT2D eigenvalue weighted by Crippen LogP contribution is -2.36. The Bertz CT molecular complexity index is 1390. The Balaban J connectivity index is 1.64. The van der Waals surface area contributed by atoms with Gasteiger partial charge in [0.05, 0.1) is 16.8 Å². The van der Waals surface area contributed by atoms with E-state index in [1.54, 1.807) is 10.6 Å². The van der Waals surface area contributed by atoms with Crippen LogP contribution in [-0.4, -0.2) is 54.4 Å². The van der Waals surface area contributed by atoms with Gasteiger partial charge in [0.15, 0.2) is 0 Å². The number of hydrogen-bond donors (Lipinski definition) is 1. The number of nitrogens with zero attached hydrogens (tertiary/aromatic N) is 5. The topological polar surface area (TPSA) is 110 Å². The van der Waals surface area contributed by atoms with Crippen molar-refractivity contribution < 1.29 is 14.7 Å². The van der Waals surface area contributed by atoms with Crippen LogP contribution in [0.1, 0.15) is 12.5 Å². The van der Waals surface area contributed by atoms with Crippen LogP contribution in [0.3, 0.4) is 0 Å². The summed E-state index contributed by atoms with van der Waals surface area (Å²) >= 11 is 0. The Hall–Kier alpha value is -4.27. The molecule has 1 atom stereocenters. The molecule has 0 radical (unpaired) electrons. The smallest absolute Gasteiger partial charge is 0.323 e. The summed E-state index contributed by atoms with van der Waals surface area (Å²) in [6.45, 7) is -0.129. The summed E-state index contributed by atoms with van der Waals surface area (Å²) in [4.78, 5) is 37.6. The number of rotatable bonds is 5. The first-order chi connectivity index (χ1) is 15.5. The lowest BCUT2D eigenvalue weighted by molar-refractivity contribution is -0.143. The molecule has 5 rings (SSSR count). The highest BCUT2D eigenvalue weighted by molar-refractivity contribution is 5.91. The van der Waals surface area contributed by atoms with Crippen LogP contribution in [0.4, 0.5) is 0 Å². The average Bonchev–Trinajstić information content (AvgIpc) is 3.35. The summed E-state index contributed by atoms with van der Waals surface area (Å²) in [5, 5.41) is 18.3. The molecule has 1 unspecified atom stereocenters. The molecule has 4 heterocycles. The predicted octanol–water partition coefficient (Wildman–Crippen LogP) is 2.08. The maximum absolute atomic E-state index is 12.7. The predicted molar refractivity (Wildman–Crippen MR) is 116 cm³/mol. The number of amides is 1. The Morgan fingerprint density at radius 1 is 1.00 bits per heavy atom. The van der Waals surface area contributed by atoms with Gasteiger partial charge in [0.1, 0.15) is 18.3 Å². The number of benzene rings is 1. The van der Waals surface area contributed by atoms with Gasteiger partial charge < -0.3 is 10.0 Å². The van der Waals surface area contributed by atoms with Gasteiger partial charge in [-0.05, 0) is 24.6 Å². The van der Waals surface area contributed by atoms with E-state index in [1.165, 1.54) is 15.6 Å². The van der Waals surface area contributed by atoms with Crippen molar-refractivity contribution in [2.24, 2.45) is 0 Å². The Morgan fingerprint density at radius 2 is 1.78 bits per heavy atom. The summed E-state index contributed by atoms with van der Waals surface area (Å²) in [7, 11) is 0. The second-order valence-corrected chi connectivity index (χ2v) is 7.58. The molecule has 9 heteroatoms. The van der Waals surface area contributed by atoms with Crippen LogP contribution < -0.4 is 5.56 Å². The molecule has 1 aromatic carbocycles. The summed E-state index contributed by atoms with van der Waals surface area (Å²) in [5.74, 6) is -1.51. The molecule has 0 bridgehead atoms. The number of aromatic nitrogens is 4. The number of aliphatic carboxylic acids is 1. The summed E-state index contributed by atoms with van der Waals surface area (Å²) < 4.78 is 2.92. The van der Waals surface area contributed by atoms with Gasteiger partial charge in [-0.2, -0.15) is 10.2 Å². The van der Waals surface area contributed by atoms with Crippen molar-refractivity contribution in [3.8, 4) is 22.5 Å². The van der Waals surface area contributed by atoms with E-state index in [0.717, 1.165) is 16.6 Å². The third kappa shape index (κ3) is 3.33. The second kappa shape index (κ2) is 7.77. The molecule has 0 aliphatic carbocycles. The van der Waals surface area contributed by atoms with Crippen LogP contribution in [0.25, 0.3) is 28.0 Å². The molecular weight excluding hydrogens is 410 g/mol. The minimum atomic E-state index is -1.09. The number of likely N-dealkylation sites (tertiary alicyclic amines) is 1. The van der Waals surface area contributed by atoms with Crippen LogP contribution in [0.15, 0.2) is 71.7 Å². The fourth-order valence-electron chi connectivity index (χ4n) is 4.10.